The van der Waals surface area contributed by atoms with Gasteiger partial charge in [0.2, 0.25) is 6.41 Å². The van der Waals surface area contributed by atoms with Crippen LogP contribution in [-0.4, -0.2) is 54.7 Å². The monoisotopic (exact) mass is 393 g/mol. The van der Waals surface area contributed by atoms with Crippen LogP contribution in [0.25, 0.3) is 0 Å². The fourth-order valence-corrected chi connectivity index (χ4v) is 3.73. The van der Waals surface area contributed by atoms with Crippen molar-refractivity contribution in [1.29, 1.82) is 0 Å². The molecular weight excluding hydrogens is 370 g/mol. The molecule has 0 amide bonds. The van der Waals surface area contributed by atoms with E-state index in [1.54, 1.807) is 17.0 Å². The molecule has 0 radical (unpaired) electrons. The molecule has 1 aromatic rings. The van der Waals surface area contributed by atoms with Gasteiger partial charge in [-0.05, 0) is 44.0 Å². The van der Waals surface area contributed by atoms with Gasteiger partial charge < -0.3 is 19.8 Å². The Kier molecular flexibility index (Phi) is 5.21. The summed E-state index contributed by atoms with van der Waals surface area (Å²) in [6.07, 6.45) is 0.964. The summed E-state index contributed by atoms with van der Waals surface area (Å²) in [5.74, 6) is 5.37. The van der Waals surface area contributed by atoms with Gasteiger partial charge in [0, 0.05) is 36.4 Å². The maximum atomic E-state index is 11.9. The van der Waals surface area contributed by atoms with Crippen LogP contribution in [0.2, 0.25) is 0 Å². The number of nitrogens with zero attached hydrogens (tertiary/aromatic N) is 1. The fourth-order valence-electron chi connectivity index (χ4n) is 2.92. The van der Waals surface area contributed by atoms with Crippen molar-refractivity contribution in [1.82, 2.24) is 0 Å². The van der Waals surface area contributed by atoms with Gasteiger partial charge in [-0.25, -0.2) is 8.42 Å². The highest BCUT2D eigenvalue weighted by Crippen LogP contribution is 2.31. The number of benzene rings is 1. The first-order valence-electron chi connectivity index (χ1n) is 8.75. The molecule has 1 aromatic carbocycles. The molecular formula is C19H23NO6S. The molecule has 1 saturated heterocycles. The molecule has 1 heterocycles. The topological polar surface area (TPSA) is 104 Å². The average Bonchev–Trinajstić information content (AvgIpc) is 3.35. The van der Waals surface area contributed by atoms with Crippen LogP contribution >= 0.6 is 0 Å². The largest absolute Gasteiger partial charge is 0.480 e. The normalized spacial score (nSPS) is 24.8. The first kappa shape index (κ1) is 19.7. The third-order valence-corrected chi connectivity index (χ3v) is 7.04. The van der Waals surface area contributed by atoms with Crippen molar-refractivity contribution in [3.8, 4) is 11.8 Å². The Balaban J connectivity index is 1.71. The van der Waals surface area contributed by atoms with Gasteiger partial charge in [0.15, 0.2) is 14.6 Å². The SMILES string of the molecule is CC(C[C@H]1CN(c2ccc(C#CC3CC3)cc2)C(O)O1)(C(=O)O)S(C)(=O)=O. The van der Waals surface area contributed by atoms with E-state index in [9.17, 15) is 23.4 Å². The van der Waals surface area contributed by atoms with Crippen molar-refractivity contribution in [3.05, 3.63) is 29.8 Å². The van der Waals surface area contributed by atoms with Crippen LogP contribution in [0.3, 0.4) is 0 Å². The van der Waals surface area contributed by atoms with Crippen LogP contribution in [-0.2, 0) is 19.4 Å². The number of carbonyl (C=O) groups is 1. The maximum Gasteiger partial charge on any atom is 0.324 e. The van der Waals surface area contributed by atoms with Crippen LogP contribution in [0.15, 0.2) is 24.3 Å². The molecule has 3 atom stereocenters. The highest BCUT2D eigenvalue weighted by atomic mass is 32.2. The molecule has 2 N–H and O–H groups in total. The Morgan fingerprint density at radius 1 is 1.33 bits per heavy atom. The lowest BCUT2D eigenvalue weighted by Gasteiger charge is -2.25. The van der Waals surface area contributed by atoms with Gasteiger partial charge in [0.1, 0.15) is 0 Å². The van der Waals surface area contributed by atoms with Crippen LogP contribution in [0.4, 0.5) is 5.69 Å². The minimum atomic E-state index is -3.86. The molecule has 1 saturated carbocycles. The third kappa shape index (κ3) is 4.26. The molecule has 0 aromatic heterocycles. The second-order valence-electron chi connectivity index (χ2n) is 7.34. The van der Waals surface area contributed by atoms with Gasteiger partial charge in [-0.3, -0.25) is 4.79 Å². The summed E-state index contributed by atoms with van der Waals surface area (Å²) in [6.45, 7) is 1.35. The minimum Gasteiger partial charge on any atom is -0.480 e. The Labute approximate surface area is 158 Å². The summed E-state index contributed by atoms with van der Waals surface area (Å²) >= 11 is 0. The lowest BCUT2D eigenvalue weighted by Crippen LogP contribution is -2.46. The quantitative estimate of drug-likeness (QED) is 0.725. The molecule has 146 valence electrons. The zero-order valence-electron chi connectivity index (χ0n) is 15.3. The number of hydrogen-bond donors (Lipinski definition) is 2. The van der Waals surface area contributed by atoms with Crippen LogP contribution < -0.4 is 4.90 Å². The van der Waals surface area contributed by atoms with Crippen molar-refractivity contribution in [2.75, 3.05) is 17.7 Å². The minimum absolute atomic E-state index is 0.187. The number of aliphatic hydroxyl groups is 1. The van der Waals surface area contributed by atoms with Crippen molar-refractivity contribution >= 4 is 21.5 Å². The summed E-state index contributed by atoms with van der Waals surface area (Å²) in [5.41, 5.74) is 1.57. The first-order valence-corrected chi connectivity index (χ1v) is 10.6. The Hall–Kier alpha value is -2.08. The molecule has 0 spiro atoms. The van der Waals surface area contributed by atoms with E-state index in [-0.39, 0.29) is 13.0 Å². The number of ether oxygens (including phenoxy) is 1. The lowest BCUT2D eigenvalue weighted by atomic mass is 10.0. The van der Waals surface area contributed by atoms with Crippen molar-refractivity contribution in [2.45, 2.75) is 43.5 Å². The molecule has 2 aliphatic rings. The predicted molar refractivity (Wildman–Crippen MR) is 99.8 cm³/mol. The van der Waals surface area contributed by atoms with E-state index in [1.165, 1.54) is 0 Å². The second kappa shape index (κ2) is 7.15. The molecule has 1 aliphatic heterocycles. The van der Waals surface area contributed by atoms with Gasteiger partial charge in [-0.2, -0.15) is 0 Å². The van der Waals surface area contributed by atoms with E-state index in [2.05, 4.69) is 11.8 Å². The van der Waals surface area contributed by atoms with E-state index in [4.69, 9.17) is 4.74 Å². The zero-order valence-corrected chi connectivity index (χ0v) is 16.1. The van der Waals surface area contributed by atoms with Crippen molar-refractivity contribution in [3.63, 3.8) is 0 Å². The molecule has 1 aliphatic carbocycles. The molecule has 2 fully saturated rings. The first-order chi connectivity index (χ1) is 12.6. The van der Waals surface area contributed by atoms with Gasteiger partial charge in [0.25, 0.3) is 0 Å². The van der Waals surface area contributed by atoms with E-state index >= 15 is 0 Å². The number of anilines is 1. The average molecular weight is 393 g/mol. The third-order valence-electron chi connectivity index (χ3n) is 5.07. The number of aliphatic carboxylic acids is 1. The van der Waals surface area contributed by atoms with Gasteiger partial charge in [-0.15, -0.1) is 0 Å². The van der Waals surface area contributed by atoms with Crippen molar-refractivity contribution in [2.24, 2.45) is 5.92 Å². The molecule has 7 nitrogen and oxygen atoms in total. The second-order valence-corrected chi connectivity index (χ2v) is 9.78. The molecule has 3 rings (SSSR count). The van der Waals surface area contributed by atoms with E-state index < -0.39 is 33.1 Å². The number of rotatable bonds is 5. The van der Waals surface area contributed by atoms with Gasteiger partial charge >= 0.3 is 5.97 Å². The van der Waals surface area contributed by atoms with Gasteiger partial charge in [-0.1, -0.05) is 11.8 Å². The number of hydrogen-bond acceptors (Lipinski definition) is 6. The Morgan fingerprint density at radius 2 is 1.96 bits per heavy atom. The molecule has 2 unspecified atom stereocenters. The summed E-state index contributed by atoms with van der Waals surface area (Å²) in [6, 6.07) is 7.31. The van der Waals surface area contributed by atoms with E-state index in [0.29, 0.717) is 11.6 Å². The highest BCUT2D eigenvalue weighted by molar-refractivity contribution is 7.92. The molecule has 27 heavy (non-hydrogen) atoms. The fraction of sp³-hybridized carbons (Fsp3) is 0.526. The number of sulfone groups is 1. The summed E-state index contributed by atoms with van der Waals surface area (Å²) in [5, 5.41) is 19.6. The number of carboxylic acids is 1. The van der Waals surface area contributed by atoms with Gasteiger partial charge in [0.05, 0.1) is 6.10 Å². The highest BCUT2D eigenvalue weighted by Gasteiger charge is 2.48. The summed E-state index contributed by atoms with van der Waals surface area (Å²) < 4.78 is 27.3. The number of carboxylic acid groups (broad SMARTS) is 1. The summed E-state index contributed by atoms with van der Waals surface area (Å²) in [7, 11) is -3.86. The Morgan fingerprint density at radius 3 is 2.48 bits per heavy atom. The van der Waals surface area contributed by atoms with Crippen molar-refractivity contribution < 1.29 is 28.2 Å². The predicted octanol–water partition coefficient (Wildman–Crippen LogP) is 1.21. The zero-order chi connectivity index (χ0) is 19.8. The standard InChI is InChI=1S/C19H23NO6S/c1-19(17(21)22,27(2,24)25)11-16-12-20(18(23)26-16)15-9-7-14(8-10-15)6-5-13-3-4-13/h7-10,13,16,18,23H,3-4,11-12H2,1-2H3,(H,21,22)/t16-,18?,19?/m0/s1. The Bertz CT molecular complexity index is 881. The maximum absolute atomic E-state index is 11.9. The van der Waals surface area contributed by atoms with E-state index in [1.807, 2.05) is 12.1 Å². The lowest BCUT2D eigenvalue weighted by molar-refractivity contribution is -0.142. The number of aliphatic hydroxyl groups excluding tert-OH is 1. The summed E-state index contributed by atoms with van der Waals surface area (Å²) in [4.78, 5) is 13.1. The van der Waals surface area contributed by atoms with Crippen LogP contribution in [0.1, 0.15) is 31.7 Å². The van der Waals surface area contributed by atoms with E-state index in [0.717, 1.165) is 31.6 Å². The van der Waals surface area contributed by atoms with Crippen LogP contribution in [0.5, 0.6) is 0 Å². The molecule has 0 bridgehead atoms. The molecule has 8 heteroatoms. The van der Waals surface area contributed by atoms with Crippen LogP contribution in [0, 0.1) is 17.8 Å². The smallest absolute Gasteiger partial charge is 0.324 e.